The predicted molar refractivity (Wildman–Crippen MR) is 234 cm³/mol. The van der Waals surface area contributed by atoms with Crippen molar-refractivity contribution in [2.75, 3.05) is 0 Å². The zero-order valence-corrected chi connectivity index (χ0v) is 31.0. The molecule has 0 atom stereocenters. The number of nitrogens with zero attached hydrogens (tertiary/aromatic N) is 4. The second kappa shape index (κ2) is 13.3. The average Bonchev–Trinajstić information content (AvgIpc) is 3.83. The summed E-state index contributed by atoms with van der Waals surface area (Å²) in [5, 5.41) is 5.17. The molecule has 0 saturated heterocycles. The van der Waals surface area contributed by atoms with Gasteiger partial charge in [0.25, 0.3) is 0 Å². The molecule has 0 bridgehead atoms. The van der Waals surface area contributed by atoms with Crippen molar-refractivity contribution in [1.82, 2.24) is 19.5 Å². The third-order valence-corrected chi connectivity index (χ3v) is 11.9. The van der Waals surface area contributed by atoms with Crippen molar-refractivity contribution in [3.05, 3.63) is 194 Å². The third-order valence-electron chi connectivity index (χ3n) is 10.7. The lowest BCUT2D eigenvalue weighted by Gasteiger charge is -2.11. The molecule has 0 aliphatic heterocycles. The summed E-state index contributed by atoms with van der Waals surface area (Å²) in [4.78, 5) is 15.3. The lowest BCUT2D eigenvalue weighted by Crippen LogP contribution is -2.01. The smallest absolute Gasteiger partial charge is 0.164 e. The Bertz CT molecular complexity index is 3220. The van der Waals surface area contributed by atoms with Gasteiger partial charge in [0.1, 0.15) is 0 Å². The lowest BCUT2D eigenvalue weighted by atomic mass is 10.0. The molecule has 0 aliphatic carbocycles. The van der Waals surface area contributed by atoms with Crippen LogP contribution >= 0.6 is 11.3 Å². The van der Waals surface area contributed by atoms with E-state index in [1.807, 2.05) is 23.5 Å². The fourth-order valence-corrected chi connectivity index (χ4v) is 9.21. The molecule has 0 aliphatic rings. The lowest BCUT2D eigenvalue weighted by molar-refractivity contribution is 1.07. The molecule has 4 nitrogen and oxygen atoms in total. The van der Waals surface area contributed by atoms with Crippen LogP contribution in [0.25, 0.3) is 104 Å². The van der Waals surface area contributed by atoms with Crippen molar-refractivity contribution in [2.24, 2.45) is 0 Å². The van der Waals surface area contributed by atoms with Gasteiger partial charge in [-0.25, -0.2) is 15.0 Å². The Labute approximate surface area is 327 Å². The highest BCUT2D eigenvalue weighted by molar-refractivity contribution is 7.26. The van der Waals surface area contributed by atoms with E-state index in [4.69, 9.17) is 15.0 Å². The van der Waals surface area contributed by atoms with Gasteiger partial charge in [-0.1, -0.05) is 146 Å². The molecule has 0 radical (unpaired) electrons. The molecule has 0 spiro atoms. The van der Waals surface area contributed by atoms with Gasteiger partial charge >= 0.3 is 0 Å². The average molecular weight is 733 g/mol. The van der Waals surface area contributed by atoms with Crippen molar-refractivity contribution in [3.8, 4) is 62.1 Å². The number of thiophene rings is 1. The Morgan fingerprint density at radius 1 is 0.339 bits per heavy atom. The van der Waals surface area contributed by atoms with Gasteiger partial charge in [-0.3, -0.25) is 0 Å². The Balaban J connectivity index is 1.04. The molecule has 3 aromatic heterocycles. The van der Waals surface area contributed by atoms with E-state index in [1.165, 1.54) is 47.5 Å². The zero-order valence-electron chi connectivity index (χ0n) is 30.2. The van der Waals surface area contributed by atoms with Gasteiger partial charge in [-0.15, -0.1) is 11.3 Å². The first-order chi connectivity index (χ1) is 27.7. The van der Waals surface area contributed by atoms with Crippen LogP contribution in [-0.4, -0.2) is 19.5 Å². The van der Waals surface area contributed by atoms with Crippen molar-refractivity contribution in [3.63, 3.8) is 0 Å². The summed E-state index contributed by atoms with van der Waals surface area (Å²) in [5.74, 6) is 1.89. The van der Waals surface area contributed by atoms with Crippen LogP contribution in [0.5, 0.6) is 0 Å². The van der Waals surface area contributed by atoms with Gasteiger partial charge < -0.3 is 4.57 Å². The van der Waals surface area contributed by atoms with Crippen LogP contribution in [0.15, 0.2) is 194 Å². The molecular weight excluding hydrogens is 701 g/mol. The molecule has 262 valence electrons. The summed E-state index contributed by atoms with van der Waals surface area (Å²) < 4.78 is 5.02. The maximum atomic E-state index is 5.12. The summed E-state index contributed by atoms with van der Waals surface area (Å²) in [6, 6.07) is 68.4. The van der Waals surface area contributed by atoms with E-state index in [-0.39, 0.29) is 0 Å². The van der Waals surface area contributed by atoms with Crippen LogP contribution in [0.1, 0.15) is 0 Å². The molecule has 0 N–H and O–H groups in total. The predicted octanol–water partition coefficient (Wildman–Crippen LogP) is 13.7. The Hall–Kier alpha value is -7.21. The highest BCUT2D eigenvalue weighted by atomic mass is 32.1. The number of hydrogen-bond acceptors (Lipinski definition) is 4. The standard InChI is InChI=1S/C51H32N4S/c1-3-12-33(13-4-1)35-22-24-36(25-23-35)49-52-50(54-51(53-49)39-17-11-16-38(32-39)34-14-5-2-6-15-34)37-26-28-40(29-27-37)55-44-20-9-7-19-43(44)47-45(55)31-30-42-41-18-8-10-21-46(41)56-48(42)47/h1-32H. The number of aromatic nitrogens is 4. The third kappa shape index (κ3) is 5.48. The van der Waals surface area contributed by atoms with Crippen molar-refractivity contribution < 1.29 is 0 Å². The minimum absolute atomic E-state index is 0.628. The molecular formula is C51H32N4S. The molecule has 8 aromatic carbocycles. The number of para-hydroxylation sites is 1. The minimum Gasteiger partial charge on any atom is -0.309 e. The first kappa shape index (κ1) is 32.2. The monoisotopic (exact) mass is 732 g/mol. The van der Waals surface area contributed by atoms with E-state index in [2.05, 4.69) is 187 Å². The van der Waals surface area contributed by atoms with Gasteiger partial charge in [-0.2, -0.15) is 0 Å². The van der Waals surface area contributed by atoms with Crippen LogP contribution in [0.3, 0.4) is 0 Å². The minimum atomic E-state index is 0.628. The van der Waals surface area contributed by atoms with E-state index < -0.39 is 0 Å². The number of fused-ring (bicyclic) bond motifs is 7. The fourth-order valence-electron chi connectivity index (χ4n) is 7.95. The number of rotatable bonds is 6. The summed E-state index contributed by atoms with van der Waals surface area (Å²) in [6.45, 7) is 0. The SMILES string of the molecule is c1ccc(-c2ccc(-c3nc(-c4ccc(-n5c6ccccc6c6c7sc8ccccc8c7ccc65)cc4)nc(-c4cccc(-c5ccccc5)c4)n3)cc2)cc1. The van der Waals surface area contributed by atoms with Crippen molar-refractivity contribution in [2.45, 2.75) is 0 Å². The normalized spacial score (nSPS) is 11.6. The van der Waals surface area contributed by atoms with Gasteiger partial charge in [0.2, 0.25) is 0 Å². The van der Waals surface area contributed by atoms with Crippen LogP contribution in [0.2, 0.25) is 0 Å². The van der Waals surface area contributed by atoms with Gasteiger partial charge in [0, 0.05) is 53.3 Å². The largest absolute Gasteiger partial charge is 0.309 e. The second-order valence-corrected chi connectivity index (χ2v) is 15.1. The molecule has 56 heavy (non-hydrogen) atoms. The van der Waals surface area contributed by atoms with Gasteiger partial charge in [-0.05, 0) is 70.8 Å². The second-order valence-electron chi connectivity index (χ2n) is 14.0. The Morgan fingerprint density at radius 3 is 1.57 bits per heavy atom. The summed E-state index contributed by atoms with van der Waals surface area (Å²) in [6.07, 6.45) is 0. The first-order valence-corrected chi connectivity index (χ1v) is 19.6. The molecule has 0 unspecified atom stereocenters. The van der Waals surface area contributed by atoms with E-state index >= 15 is 0 Å². The maximum Gasteiger partial charge on any atom is 0.164 e. The van der Waals surface area contributed by atoms with Crippen LogP contribution in [0.4, 0.5) is 0 Å². The fraction of sp³-hybridized carbons (Fsp3) is 0. The highest BCUT2D eigenvalue weighted by Crippen LogP contribution is 2.43. The topological polar surface area (TPSA) is 43.6 Å². The van der Waals surface area contributed by atoms with Gasteiger partial charge in [0.15, 0.2) is 17.5 Å². The molecule has 0 saturated carbocycles. The number of benzene rings is 8. The molecule has 11 aromatic rings. The van der Waals surface area contributed by atoms with Crippen molar-refractivity contribution in [1.29, 1.82) is 0 Å². The highest BCUT2D eigenvalue weighted by Gasteiger charge is 2.18. The van der Waals surface area contributed by atoms with Gasteiger partial charge in [0.05, 0.1) is 11.0 Å². The summed E-state index contributed by atoms with van der Waals surface area (Å²) in [7, 11) is 0. The Kier molecular flexibility index (Phi) is 7.64. The molecule has 0 fully saturated rings. The van der Waals surface area contributed by atoms with Crippen LogP contribution in [0, 0.1) is 0 Å². The molecule has 5 heteroatoms. The van der Waals surface area contributed by atoms with E-state index in [0.717, 1.165) is 39.1 Å². The summed E-state index contributed by atoms with van der Waals surface area (Å²) >= 11 is 1.88. The Morgan fingerprint density at radius 2 is 0.857 bits per heavy atom. The van der Waals surface area contributed by atoms with Crippen molar-refractivity contribution >= 4 is 53.3 Å². The molecule has 3 heterocycles. The molecule has 0 amide bonds. The van der Waals surface area contributed by atoms with E-state index in [1.54, 1.807) is 0 Å². The van der Waals surface area contributed by atoms with Crippen LogP contribution in [-0.2, 0) is 0 Å². The quantitative estimate of drug-likeness (QED) is 0.171. The zero-order chi connectivity index (χ0) is 37.0. The molecule has 11 rings (SSSR count). The maximum absolute atomic E-state index is 5.12. The summed E-state index contributed by atoms with van der Waals surface area (Å²) in [5.41, 5.74) is 10.8. The van der Waals surface area contributed by atoms with E-state index in [9.17, 15) is 0 Å². The van der Waals surface area contributed by atoms with Crippen LogP contribution < -0.4 is 0 Å². The first-order valence-electron chi connectivity index (χ1n) is 18.8. The number of hydrogen-bond donors (Lipinski definition) is 0. The van der Waals surface area contributed by atoms with E-state index in [0.29, 0.717) is 17.5 Å².